The molecule has 0 bridgehead atoms. The Kier molecular flexibility index (Phi) is 15.6. The largest absolute Gasteiger partial charge is 0.340 e. The molecule has 4 aromatic rings. The summed E-state index contributed by atoms with van der Waals surface area (Å²) in [6, 6.07) is 13.0. The molecule has 2 aromatic heterocycles. The molecule has 0 saturated carbocycles. The van der Waals surface area contributed by atoms with Gasteiger partial charge in [0, 0.05) is 117 Å². The van der Waals surface area contributed by atoms with Crippen molar-refractivity contribution in [2.45, 2.75) is 133 Å². The Bertz CT molecular complexity index is 2540. The van der Waals surface area contributed by atoms with Crippen molar-refractivity contribution in [3.63, 3.8) is 0 Å². The summed E-state index contributed by atoms with van der Waals surface area (Å²) in [5.41, 5.74) is 11.1. The van der Waals surface area contributed by atoms with E-state index in [0.29, 0.717) is 22.5 Å². The lowest BCUT2D eigenvalue weighted by Crippen LogP contribution is -2.54. The van der Waals surface area contributed by atoms with Gasteiger partial charge in [-0.2, -0.15) is 0 Å². The number of carbonyl (C=O) groups excluding carboxylic acids is 3. The van der Waals surface area contributed by atoms with Crippen LogP contribution in [0.4, 0.5) is 11.4 Å². The lowest BCUT2D eigenvalue weighted by Gasteiger charge is -2.44. The predicted molar refractivity (Wildman–Crippen MR) is 280 cm³/mol. The fourth-order valence-electron chi connectivity index (χ4n) is 10.2. The van der Waals surface area contributed by atoms with Crippen LogP contribution in [0.2, 0.25) is 0 Å². The highest BCUT2D eigenvalue weighted by Crippen LogP contribution is 2.43. The van der Waals surface area contributed by atoms with Crippen LogP contribution in [0, 0.1) is 24.7 Å². The normalized spacial score (nSPS) is 19.2. The zero-order chi connectivity index (χ0) is 49.9. The lowest BCUT2D eigenvalue weighted by atomic mass is 9.76. The SMILES string of the molecule is CC(=O)N1CCN(C(C)(C)c2ccc(NC(=O)c3ncc(C)[nH]3)c(C3=CCC(C)(C)CC3)c2)CC1.CCN1CCN(C(C)(C)c2ccc(NC(=O)c3ncc(C)[nH]3)c(C3=CCC(C)(C)CC3)c2)CC1. The van der Waals surface area contributed by atoms with Gasteiger partial charge in [-0.15, -0.1) is 0 Å². The summed E-state index contributed by atoms with van der Waals surface area (Å²) in [5, 5.41) is 6.24. The maximum Gasteiger partial charge on any atom is 0.291 e. The van der Waals surface area contributed by atoms with Gasteiger partial charge in [-0.05, 0) is 144 Å². The number of piperazine rings is 2. The third-order valence-corrected chi connectivity index (χ3v) is 15.5. The Morgan fingerprint density at radius 1 is 0.638 bits per heavy atom. The molecule has 13 heteroatoms. The molecular weight excluding hydrogens is 861 g/mol. The van der Waals surface area contributed by atoms with Gasteiger partial charge in [0.25, 0.3) is 11.8 Å². The molecule has 4 aliphatic rings. The third kappa shape index (κ3) is 12.3. The molecule has 4 heterocycles. The van der Waals surface area contributed by atoms with Crippen molar-refractivity contribution < 1.29 is 14.4 Å². The molecule has 8 rings (SSSR count). The van der Waals surface area contributed by atoms with E-state index in [1.54, 1.807) is 19.3 Å². The van der Waals surface area contributed by atoms with Gasteiger partial charge in [-0.1, -0.05) is 58.9 Å². The summed E-state index contributed by atoms with van der Waals surface area (Å²) in [7, 11) is 0. The molecular formula is C56H80N10O3. The number of nitrogens with zero attached hydrogens (tertiary/aromatic N) is 6. The standard InChI is InChI=1S/C28H39N5O2.C28H41N5O/c1-19-18-29-25(30-19)26(35)31-24-8-7-22(17-23(24)21-9-11-27(3,4)12-10-21)28(5,6)33-15-13-32(14-16-33)20(2)34;1-7-32-14-16-33(17-15-32)28(5,6)22-8-9-24(31-26(34)25-29-19-20(2)30-25)23(18-22)21-10-12-27(3,4)13-11-21/h7-9,17-18H,10-16H2,1-6H3,(H,29,30)(H,31,35);8-10,18-19H,7,11-17H2,1-6H3,(H,29,30)(H,31,34). The smallest absolute Gasteiger partial charge is 0.291 e. The Labute approximate surface area is 412 Å². The summed E-state index contributed by atoms with van der Waals surface area (Å²) in [5.74, 6) is 0.376. The van der Waals surface area contributed by atoms with Crippen LogP contribution >= 0.6 is 0 Å². The molecule has 2 aromatic carbocycles. The number of H-pyrrole nitrogens is 2. The van der Waals surface area contributed by atoms with E-state index in [9.17, 15) is 14.4 Å². The molecule has 2 aliphatic heterocycles. The van der Waals surface area contributed by atoms with E-state index >= 15 is 0 Å². The minimum Gasteiger partial charge on any atom is -0.340 e. The molecule has 3 amide bonds. The van der Waals surface area contributed by atoms with Crippen molar-refractivity contribution in [2.24, 2.45) is 10.8 Å². The molecule has 69 heavy (non-hydrogen) atoms. The van der Waals surface area contributed by atoms with E-state index < -0.39 is 0 Å². The average Bonchev–Trinajstić information content (AvgIpc) is 3.97. The van der Waals surface area contributed by atoms with Gasteiger partial charge in [-0.25, -0.2) is 9.97 Å². The third-order valence-electron chi connectivity index (χ3n) is 15.5. The highest BCUT2D eigenvalue weighted by Gasteiger charge is 2.35. The number of likely N-dealkylation sites (N-methyl/N-ethyl adjacent to an activating group) is 1. The van der Waals surface area contributed by atoms with Crippen molar-refractivity contribution in [3.8, 4) is 0 Å². The molecule has 2 saturated heterocycles. The van der Waals surface area contributed by atoms with Crippen molar-refractivity contribution in [3.05, 3.63) is 106 Å². The van der Waals surface area contributed by atoms with Gasteiger partial charge in [0.2, 0.25) is 5.91 Å². The Balaban J connectivity index is 0.000000204. The van der Waals surface area contributed by atoms with Gasteiger partial charge in [0.1, 0.15) is 0 Å². The summed E-state index contributed by atoms with van der Waals surface area (Å²) in [6.45, 7) is 34.8. The maximum atomic E-state index is 12.9. The molecule has 0 spiro atoms. The monoisotopic (exact) mass is 941 g/mol. The zero-order valence-electron chi connectivity index (χ0n) is 43.8. The number of anilines is 2. The highest BCUT2D eigenvalue weighted by molar-refractivity contribution is 6.04. The number of hydrogen-bond acceptors (Lipinski definition) is 8. The van der Waals surface area contributed by atoms with Crippen molar-refractivity contribution in [2.75, 3.05) is 69.5 Å². The fraction of sp³-hybridized carbons (Fsp3) is 0.554. The first kappa shape index (κ1) is 51.5. The number of benzene rings is 2. The van der Waals surface area contributed by atoms with Crippen molar-refractivity contribution in [1.82, 2.24) is 39.5 Å². The van der Waals surface area contributed by atoms with E-state index in [2.05, 4.69) is 150 Å². The molecule has 0 unspecified atom stereocenters. The highest BCUT2D eigenvalue weighted by atomic mass is 16.2. The van der Waals surface area contributed by atoms with E-state index in [0.717, 1.165) is 131 Å². The van der Waals surface area contributed by atoms with Gasteiger partial charge in [0.05, 0.1) is 0 Å². The topological polar surface area (TPSA) is 146 Å². The number of allylic oxidation sites excluding steroid dienone is 4. The van der Waals surface area contributed by atoms with Crippen LogP contribution in [0.15, 0.2) is 60.9 Å². The molecule has 13 nitrogen and oxygen atoms in total. The number of rotatable bonds is 11. The van der Waals surface area contributed by atoms with Crippen LogP contribution in [-0.2, 0) is 15.9 Å². The maximum absolute atomic E-state index is 12.9. The summed E-state index contributed by atoms with van der Waals surface area (Å²) in [6.07, 6.45) is 14.4. The van der Waals surface area contributed by atoms with Gasteiger partial charge in [-0.3, -0.25) is 24.2 Å². The van der Waals surface area contributed by atoms with Crippen LogP contribution < -0.4 is 10.6 Å². The molecule has 0 radical (unpaired) electrons. The van der Waals surface area contributed by atoms with E-state index in [1.807, 2.05) is 24.8 Å². The second kappa shape index (κ2) is 20.9. The van der Waals surface area contributed by atoms with Gasteiger partial charge < -0.3 is 30.4 Å². The summed E-state index contributed by atoms with van der Waals surface area (Å²) in [4.78, 5) is 61.6. The van der Waals surface area contributed by atoms with Crippen LogP contribution in [0.3, 0.4) is 0 Å². The molecule has 372 valence electrons. The summed E-state index contributed by atoms with van der Waals surface area (Å²) >= 11 is 0. The first-order valence-electron chi connectivity index (χ1n) is 25.4. The van der Waals surface area contributed by atoms with Crippen LogP contribution in [0.25, 0.3) is 11.1 Å². The van der Waals surface area contributed by atoms with Gasteiger partial charge in [0.15, 0.2) is 11.6 Å². The van der Waals surface area contributed by atoms with Crippen LogP contribution in [0.1, 0.15) is 163 Å². The van der Waals surface area contributed by atoms with Crippen molar-refractivity contribution in [1.29, 1.82) is 0 Å². The predicted octanol–water partition coefficient (Wildman–Crippen LogP) is 10.4. The minimum atomic E-state index is -0.233. The lowest BCUT2D eigenvalue weighted by molar-refractivity contribution is -0.131. The number of nitrogens with one attached hydrogen (secondary N) is 4. The van der Waals surface area contributed by atoms with Crippen molar-refractivity contribution >= 4 is 40.2 Å². The number of aromatic nitrogens is 4. The minimum absolute atomic E-state index is 0.0796. The van der Waals surface area contributed by atoms with Crippen LogP contribution in [-0.4, -0.2) is 116 Å². The van der Waals surface area contributed by atoms with E-state index in [-0.39, 0.29) is 28.8 Å². The number of amides is 3. The van der Waals surface area contributed by atoms with Gasteiger partial charge >= 0.3 is 0 Å². The summed E-state index contributed by atoms with van der Waals surface area (Å²) < 4.78 is 0. The second-order valence-corrected chi connectivity index (χ2v) is 22.5. The Hall–Kier alpha value is -5.37. The number of carbonyl (C=O) groups is 3. The first-order chi connectivity index (χ1) is 32.5. The molecule has 2 fully saturated rings. The number of imidazole rings is 2. The quantitative estimate of drug-likeness (QED) is 0.116. The van der Waals surface area contributed by atoms with E-state index in [1.165, 1.54) is 22.3 Å². The van der Waals surface area contributed by atoms with Crippen LogP contribution in [0.5, 0.6) is 0 Å². The zero-order valence-corrected chi connectivity index (χ0v) is 43.8. The number of hydrogen-bond donors (Lipinski definition) is 4. The first-order valence-corrected chi connectivity index (χ1v) is 25.4. The second-order valence-electron chi connectivity index (χ2n) is 22.5. The molecule has 4 N–H and O–H groups in total. The Morgan fingerprint density at radius 2 is 1.04 bits per heavy atom. The Morgan fingerprint density at radius 3 is 1.38 bits per heavy atom. The number of aryl methyl sites for hydroxylation is 2. The average molecular weight is 941 g/mol. The van der Waals surface area contributed by atoms with E-state index in [4.69, 9.17) is 0 Å². The molecule has 2 aliphatic carbocycles. The number of aromatic amines is 2. The fourth-order valence-corrected chi connectivity index (χ4v) is 10.2. The molecule has 0 atom stereocenters.